The van der Waals surface area contributed by atoms with Gasteiger partial charge in [0.15, 0.2) is 5.78 Å². The van der Waals surface area contributed by atoms with E-state index in [9.17, 15) is 14.4 Å². The number of nitrogens with zero attached hydrogens (tertiary/aromatic N) is 2. The molecule has 2 amide bonds. The van der Waals surface area contributed by atoms with Crippen molar-refractivity contribution in [3.63, 3.8) is 0 Å². The van der Waals surface area contributed by atoms with Crippen molar-refractivity contribution in [2.24, 2.45) is 11.8 Å². The second kappa shape index (κ2) is 15.3. The van der Waals surface area contributed by atoms with E-state index in [0.29, 0.717) is 37.3 Å². The minimum absolute atomic E-state index is 0.0504. The smallest absolute Gasteiger partial charge is 0.224 e. The molecule has 1 aromatic heterocycles. The molecule has 2 aromatic rings. The first-order valence-electron chi connectivity index (χ1n) is 14.4. The lowest BCUT2D eigenvalue weighted by Crippen LogP contribution is -2.42. The Morgan fingerprint density at radius 3 is 2.59 bits per heavy atom. The van der Waals surface area contributed by atoms with E-state index in [-0.39, 0.29) is 30.1 Å². The van der Waals surface area contributed by atoms with Crippen molar-refractivity contribution in [3.05, 3.63) is 40.9 Å². The number of fused-ring (bicyclic) bond motifs is 1. The van der Waals surface area contributed by atoms with Gasteiger partial charge in [0, 0.05) is 44.5 Å². The van der Waals surface area contributed by atoms with Gasteiger partial charge in [-0.25, -0.2) is 4.98 Å². The van der Waals surface area contributed by atoms with Crippen LogP contribution in [-0.4, -0.2) is 61.2 Å². The maximum absolute atomic E-state index is 13.7. The topological polar surface area (TPSA) is 91.4 Å². The number of aromatic nitrogens is 1. The highest BCUT2D eigenvalue weighted by molar-refractivity contribution is 7.18. The number of benzene rings is 1. The van der Waals surface area contributed by atoms with E-state index >= 15 is 0 Å². The van der Waals surface area contributed by atoms with Crippen molar-refractivity contribution in [1.29, 1.82) is 0 Å². The molecule has 8 heteroatoms. The van der Waals surface area contributed by atoms with Crippen LogP contribution in [0.1, 0.15) is 75.3 Å². The van der Waals surface area contributed by atoms with E-state index in [0.717, 1.165) is 28.1 Å². The summed E-state index contributed by atoms with van der Waals surface area (Å²) in [5.41, 5.74) is 2.78. The highest BCUT2D eigenvalue weighted by Crippen LogP contribution is 2.29. The molecule has 1 aromatic carbocycles. The number of Topliss-reactive ketones (excluding diaryl/α,β-unsaturated/α-hetero) is 1. The number of likely N-dealkylation sites (N-methyl/N-ethyl adjacent to an activating group) is 1. The van der Waals surface area contributed by atoms with Crippen molar-refractivity contribution >= 4 is 39.2 Å². The van der Waals surface area contributed by atoms with Crippen LogP contribution in [0.15, 0.2) is 30.4 Å². The first-order valence-corrected chi connectivity index (χ1v) is 15.2. The van der Waals surface area contributed by atoms with Crippen LogP contribution in [0.4, 0.5) is 0 Å². The number of hydrogen-bond donors (Lipinski definition) is 2. The average Bonchev–Trinajstić information content (AvgIpc) is 3.32. The number of thiazole rings is 1. The first-order chi connectivity index (χ1) is 18.7. The molecular weight excluding hydrogens is 508 g/mol. The Balaban J connectivity index is 1.73. The summed E-state index contributed by atoms with van der Waals surface area (Å²) in [5.74, 6) is -0.214. The Kier molecular flexibility index (Phi) is 12.1. The largest absolute Gasteiger partial charge is 0.359 e. The summed E-state index contributed by atoms with van der Waals surface area (Å²) < 4.78 is 1.11. The molecule has 0 aliphatic heterocycles. The number of carbonyl (C=O) groups excluding carboxylic acids is 3. The SMILES string of the molecule is C=C(CN(C)C)C(=O)CC[C@H](CC1CCCCC1)NC(=O)[C@@H](CC(=O)NC)Cc1nc2ccc(CC)cc2s1. The van der Waals surface area contributed by atoms with Gasteiger partial charge in [-0.05, 0) is 57.0 Å². The Hall–Kier alpha value is -2.58. The summed E-state index contributed by atoms with van der Waals surface area (Å²) in [6, 6.07) is 6.17. The summed E-state index contributed by atoms with van der Waals surface area (Å²) in [5, 5.41) is 6.80. The normalized spacial score (nSPS) is 15.7. The molecule has 0 spiro atoms. The van der Waals surface area contributed by atoms with E-state index in [4.69, 9.17) is 4.98 Å². The first kappa shape index (κ1) is 31.0. The summed E-state index contributed by atoms with van der Waals surface area (Å²) in [6.45, 7) is 6.63. The highest BCUT2D eigenvalue weighted by atomic mass is 32.1. The molecule has 2 atom stereocenters. The lowest BCUT2D eigenvalue weighted by Gasteiger charge is -2.28. The lowest BCUT2D eigenvalue weighted by molar-refractivity contribution is -0.130. The zero-order chi connectivity index (χ0) is 28.4. The zero-order valence-corrected chi connectivity index (χ0v) is 25.0. The van der Waals surface area contributed by atoms with E-state index in [1.807, 2.05) is 25.1 Å². The van der Waals surface area contributed by atoms with E-state index < -0.39 is 5.92 Å². The minimum atomic E-state index is -0.524. The number of rotatable bonds is 15. The van der Waals surface area contributed by atoms with Gasteiger partial charge in [-0.1, -0.05) is 51.7 Å². The van der Waals surface area contributed by atoms with Gasteiger partial charge in [0.05, 0.1) is 21.1 Å². The fourth-order valence-corrected chi connectivity index (χ4v) is 6.57. The number of aryl methyl sites for hydroxylation is 1. The Labute approximate surface area is 237 Å². The molecule has 0 bridgehead atoms. The molecule has 1 heterocycles. The maximum Gasteiger partial charge on any atom is 0.224 e. The van der Waals surface area contributed by atoms with Crippen LogP contribution in [0.25, 0.3) is 10.2 Å². The third-order valence-corrected chi connectivity index (χ3v) is 8.76. The van der Waals surface area contributed by atoms with E-state index in [1.165, 1.54) is 37.7 Å². The molecule has 214 valence electrons. The van der Waals surface area contributed by atoms with Crippen molar-refractivity contribution in [3.8, 4) is 0 Å². The Bertz CT molecular complexity index is 1140. The number of ketones is 1. The molecule has 1 aliphatic carbocycles. The maximum atomic E-state index is 13.7. The molecule has 0 saturated heterocycles. The second-order valence-corrected chi connectivity index (χ2v) is 12.4. The van der Waals surface area contributed by atoms with Crippen LogP contribution >= 0.6 is 11.3 Å². The van der Waals surface area contributed by atoms with Crippen LogP contribution in [0.3, 0.4) is 0 Å². The summed E-state index contributed by atoms with van der Waals surface area (Å²) in [7, 11) is 5.44. The third kappa shape index (κ3) is 9.84. The number of hydrogen-bond acceptors (Lipinski definition) is 6. The van der Waals surface area contributed by atoms with Gasteiger partial charge < -0.3 is 15.5 Å². The van der Waals surface area contributed by atoms with Crippen LogP contribution < -0.4 is 10.6 Å². The van der Waals surface area contributed by atoms with Crippen LogP contribution in [0.5, 0.6) is 0 Å². The van der Waals surface area contributed by atoms with Crippen LogP contribution in [0.2, 0.25) is 0 Å². The van der Waals surface area contributed by atoms with Gasteiger partial charge in [0.1, 0.15) is 0 Å². The van der Waals surface area contributed by atoms with E-state index in [2.05, 4.69) is 36.3 Å². The molecule has 3 rings (SSSR count). The highest BCUT2D eigenvalue weighted by Gasteiger charge is 2.28. The van der Waals surface area contributed by atoms with E-state index in [1.54, 1.807) is 18.4 Å². The predicted octanol–water partition coefficient (Wildman–Crippen LogP) is 5.08. The van der Waals surface area contributed by atoms with Gasteiger partial charge >= 0.3 is 0 Å². The molecular formula is C31H46N4O3S. The molecule has 1 aliphatic rings. The van der Waals surface area contributed by atoms with Gasteiger partial charge in [0.25, 0.3) is 0 Å². The molecule has 1 fully saturated rings. The standard InChI is InChI=1S/C31H46N4O3S/c1-6-22-12-14-26-28(17-22)39-30(34-26)19-24(18-29(37)32-3)31(38)33-25(16-23-10-8-7-9-11-23)13-15-27(36)21(2)20-35(4)5/h12,14,17,23-25H,2,6-11,13,15-16,18-20H2,1,3-5H3,(H,32,37)(H,33,38)/t24-,25+/m0/s1. The second-order valence-electron chi connectivity index (χ2n) is 11.3. The lowest BCUT2D eigenvalue weighted by atomic mass is 9.83. The molecule has 0 unspecified atom stereocenters. The molecule has 1 saturated carbocycles. The fourth-order valence-electron chi connectivity index (χ4n) is 5.46. The number of amides is 2. The molecule has 0 radical (unpaired) electrons. The summed E-state index contributed by atoms with van der Waals surface area (Å²) in [4.78, 5) is 45.5. The Morgan fingerprint density at radius 1 is 1.18 bits per heavy atom. The van der Waals surface area contributed by atoms with Gasteiger partial charge in [-0.3, -0.25) is 14.4 Å². The van der Waals surface area contributed by atoms with Crippen LogP contribution in [-0.2, 0) is 27.2 Å². The molecule has 2 N–H and O–H groups in total. The number of carbonyl (C=O) groups is 3. The quantitative estimate of drug-likeness (QED) is 0.300. The van der Waals surface area contributed by atoms with Crippen molar-refractivity contribution < 1.29 is 14.4 Å². The van der Waals surface area contributed by atoms with Crippen molar-refractivity contribution in [2.45, 2.75) is 83.6 Å². The third-order valence-electron chi connectivity index (χ3n) is 7.72. The molecule has 39 heavy (non-hydrogen) atoms. The van der Waals surface area contributed by atoms with Gasteiger partial charge in [-0.2, -0.15) is 0 Å². The average molecular weight is 555 g/mol. The fraction of sp³-hybridized carbons (Fsp3) is 0.613. The minimum Gasteiger partial charge on any atom is -0.359 e. The molecule has 7 nitrogen and oxygen atoms in total. The van der Waals surface area contributed by atoms with Crippen molar-refractivity contribution in [2.75, 3.05) is 27.7 Å². The number of nitrogens with one attached hydrogen (secondary N) is 2. The van der Waals surface area contributed by atoms with Gasteiger partial charge in [-0.15, -0.1) is 11.3 Å². The predicted molar refractivity (Wildman–Crippen MR) is 160 cm³/mol. The summed E-state index contributed by atoms with van der Waals surface area (Å²) >= 11 is 1.60. The monoisotopic (exact) mass is 554 g/mol. The van der Waals surface area contributed by atoms with Crippen molar-refractivity contribution in [1.82, 2.24) is 20.5 Å². The van der Waals surface area contributed by atoms with Crippen LogP contribution in [0, 0.1) is 11.8 Å². The Morgan fingerprint density at radius 2 is 1.92 bits per heavy atom. The summed E-state index contributed by atoms with van der Waals surface area (Å²) in [6.07, 6.45) is 9.34. The van der Waals surface area contributed by atoms with Gasteiger partial charge in [0.2, 0.25) is 11.8 Å². The zero-order valence-electron chi connectivity index (χ0n) is 24.2.